The van der Waals surface area contributed by atoms with Gasteiger partial charge in [-0.2, -0.15) is 5.10 Å². The van der Waals surface area contributed by atoms with Gasteiger partial charge in [-0.25, -0.2) is 0 Å². The predicted molar refractivity (Wildman–Crippen MR) is 95.7 cm³/mol. The van der Waals surface area contributed by atoms with E-state index >= 15 is 0 Å². The van der Waals surface area contributed by atoms with E-state index < -0.39 is 0 Å². The molecule has 0 aliphatic carbocycles. The van der Waals surface area contributed by atoms with Gasteiger partial charge in [0.25, 0.3) is 0 Å². The molecule has 0 unspecified atom stereocenters. The summed E-state index contributed by atoms with van der Waals surface area (Å²) in [6.45, 7) is 4.42. The van der Waals surface area contributed by atoms with Crippen LogP contribution in [0, 0.1) is 5.41 Å². The van der Waals surface area contributed by atoms with Crippen LogP contribution in [-0.4, -0.2) is 17.9 Å². The summed E-state index contributed by atoms with van der Waals surface area (Å²) in [6, 6.07) is 16.4. The fraction of sp³-hybridized carbons (Fsp3) is 0.278. The maximum Gasteiger partial charge on any atom is 0.143 e. The van der Waals surface area contributed by atoms with Crippen molar-refractivity contribution < 1.29 is 4.74 Å². The number of hydrogen-bond donors (Lipinski definition) is 1. The van der Waals surface area contributed by atoms with E-state index in [0.29, 0.717) is 0 Å². The van der Waals surface area contributed by atoms with E-state index in [-0.39, 0.29) is 5.41 Å². The summed E-state index contributed by atoms with van der Waals surface area (Å²) in [7, 11) is 1.68. The zero-order valence-corrected chi connectivity index (χ0v) is 13.9. The number of nitrogens with one attached hydrogen (secondary N) is 1. The summed E-state index contributed by atoms with van der Waals surface area (Å²) < 4.78 is 5.43. The number of thioether (sulfide) groups is 1. The SMILES string of the molecule is COc1ccc(-c2ccccc2)cc1N/N=C1/SCC1(C)C. The van der Waals surface area contributed by atoms with Crippen molar-refractivity contribution >= 4 is 22.5 Å². The summed E-state index contributed by atoms with van der Waals surface area (Å²) in [4.78, 5) is 0. The molecule has 4 heteroatoms. The second kappa shape index (κ2) is 6.05. The third-order valence-corrected chi connectivity index (χ3v) is 5.52. The van der Waals surface area contributed by atoms with Crippen LogP contribution in [0.25, 0.3) is 11.1 Å². The first-order chi connectivity index (χ1) is 10.6. The molecule has 114 valence electrons. The molecule has 0 atom stereocenters. The van der Waals surface area contributed by atoms with Crippen LogP contribution in [0.4, 0.5) is 5.69 Å². The molecule has 2 aromatic carbocycles. The van der Waals surface area contributed by atoms with E-state index in [1.165, 1.54) is 5.56 Å². The van der Waals surface area contributed by atoms with Crippen molar-refractivity contribution in [2.45, 2.75) is 13.8 Å². The molecule has 0 radical (unpaired) electrons. The van der Waals surface area contributed by atoms with Gasteiger partial charge in [0.1, 0.15) is 5.75 Å². The molecule has 0 aromatic heterocycles. The fourth-order valence-corrected chi connectivity index (χ4v) is 3.29. The van der Waals surface area contributed by atoms with Gasteiger partial charge in [0.15, 0.2) is 0 Å². The number of benzene rings is 2. The van der Waals surface area contributed by atoms with E-state index in [0.717, 1.165) is 27.8 Å². The molecule has 3 rings (SSSR count). The highest BCUT2D eigenvalue weighted by molar-refractivity contribution is 8.16. The molecule has 1 N–H and O–H groups in total. The summed E-state index contributed by atoms with van der Waals surface area (Å²) >= 11 is 1.79. The normalized spacial score (nSPS) is 17.9. The zero-order valence-electron chi connectivity index (χ0n) is 13.1. The minimum absolute atomic E-state index is 0.182. The lowest BCUT2D eigenvalue weighted by Crippen LogP contribution is -2.35. The third-order valence-electron chi connectivity index (χ3n) is 3.73. The van der Waals surface area contributed by atoms with Crippen molar-refractivity contribution in [1.82, 2.24) is 0 Å². The van der Waals surface area contributed by atoms with Gasteiger partial charge < -0.3 is 4.74 Å². The molecule has 0 saturated carbocycles. The molecular weight excluding hydrogens is 292 g/mol. The van der Waals surface area contributed by atoms with Crippen LogP contribution in [0.5, 0.6) is 5.75 Å². The molecule has 1 aliphatic rings. The van der Waals surface area contributed by atoms with Crippen molar-refractivity contribution in [3.8, 4) is 16.9 Å². The van der Waals surface area contributed by atoms with Gasteiger partial charge >= 0.3 is 0 Å². The highest BCUT2D eigenvalue weighted by Crippen LogP contribution is 2.40. The van der Waals surface area contributed by atoms with Crippen molar-refractivity contribution in [1.29, 1.82) is 0 Å². The maximum absolute atomic E-state index is 5.43. The Labute approximate surface area is 135 Å². The molecular formula is C18H20N2OS. The highest BCUT2D eigenvalue weighted by Gasteiger charge is 2.35. The van der Waals surface area contributed by atoms with E-state index in [2.05, 4.69) is 48.6 Å². The minimum atomic E-state index is 0.182. The molecule has 1 aliphatic heterocycles. The second-order valence-corrected chi connectivity index (χ2v) is 6.95. The summed E-state index contributed by atoms with van der Waals surface area (Å²) in [5, 5.41) is 5.68. The molecule has 22 heavy (non-hydrogen) atoms. The van der Waals surface area contributed by atoms with Gasteiger partial charge in [0.2, 0.25) is 0 Å². The van der Waals surface area contributed by atoms with Crippen LogP contribution in [0.1, 0.15) is 13.8 Å². The lowest BCUT2D eigenvalue weighted by molar-refractivity contribution is 0.416. The van der Waals surface area contributed by atoms with Crippen LogP contribution in [0.2, 0.25) is 0 Å². The topological polar surface area (TPSA) is 33.6 Å². The van der Waals surface area contributed by atoms with Gasteiger partial charge in [-0.05, 0) is 23.3 Å². The predicted octanol–water partition coefficient (Wildman–Crippen LogP) is 4.86. The number of ether oxygens (including phenoxy) is 1. The molecule has 2 aromatic rings. The van der Waals surface area contributed by atoms with Crippen LogP contribution in [0.3, 0.4) is 0 Å². The summed E-state index contributed by atoms with van der Waals surface area (Å²) in [5.41, 5.74) is 6.57. The quantitative estimate of drug-likeness (QED) is 0.818. The molecule has 1 saturated heterocycles. The smallest absolute Gasteiger partial charge is 0.143 e. The molecule has 0 spiro atoms. The van der Waals surface area contributed by atoms with Crippen LogP contribution >= 0.6 is 11.8 Å². The number of nitrogens with zero attached hydrogens (tertiary/aromatic N) is 1. The third kappa shape index (κ3) is 2.97. The number of methoxy groups -OCH3 is 1. The number of hydrazone groups is 1. The van der Waals surface area contributed by atoms with E-state index in [1.54, 1.807) is 18.9 Å². The van der Waals surface area contributed by atoms with E-state index in [1.807, 2.05) is 24.3 Å². The summed E-state index contributed by atoms with van der Waals surface area (Å²) in [5.74, 6) is 1.92. The number of hydrogen-bond acceptors (Lipinski definition) is 4. The molecule has 0 bridgehead atoms. The molecule has 1 heterocycles. The second-order valence-electron chi connectivity index (χ2n) is 5.98. The first-order valence-electron chi connectivity index (χ1n) is 7.30. The number of rotatable bonds is 4. The Bertz CT molecular complexity index is 695. The van der Waals surface area contributed by atoms with E-state index in [9.17, 15) is 0 Å². The summed E-state index contributed by atoms with van der Waals surface area (Å²) in [6.07, 6.45) is 0. The zero-order chi connectivity index (χ0) is 15.6. The minimum Gasteiger partial charge on any atom is -0.495 e. The molecule has 1 fully saturated rings. The van der Waals surface area contributed by atoms with Crippen molar-refractivity contribution in [3.63, 3.8) is 0 Å². The van der Waals surface area contributed by atoms with Gasteiger partial charge in [-0.15, -0.1) is 11.8 Å². The first kappa shape index (κ1) is 15.0. The van der Waals surface area contributed by atoms with Crippen LogP contribution < -0.4 is 10.2 Å². The molecule has 0 amide bonds. The van der Waals surface area contributed by atoms with Crippen molar-refractivity contribution in [2.75, 3.05) is 18.3 Å². The van der Waals surface area contributed by atoms with Gasteiger partial charge in [-0.1, -0.05) is 50.2 Å². The van der Waals surface area contributed by atoms with Crippen LogP contribution in [-0.2, 0) is 0 Å². The molecule has 3 nitrogen and oxygen atoms in total. The van der Waals surface area contributed by atoms with Gasteiger partial charge in [0, 0.05) is 11.2 Å². The Morgan fingerprint density at radius 1 is 1.09 bits per heavy atom. The van der Waals surface area contributed by atoms with Crippen LogP contribution in [0.15, 0.2) is 53.6 Å². The monoisotopic (exact) mass is 312 g/mol. The van der Waals surface area contributed by atoms with Gasteiger partial charge in [-0.3, -0.25) is 5.43 Å². The average molecular weight is 312 g/mol. The van der Waals surface area contributed by atoms with Gasteiger partial charge in [0.05, 0.1) is 17.8 Å². The Morgan fingerprint density at radius 3 is 2.45 bits per heavy atom. The fourth-order valence-electron chi connectivity index (χ4n) is 2.33. The Balaban J connectivity index is 1.89. The lowest BCUT2D eigenvalue weighted by Gasteiger charge is -2.35. The highest BCUT2D eigenvalue weighted by atomic mass is 32.2. The Kier molecular flexibility index (Phi) is 4.12. The standard InChI is InChI=1S/C18H20N2OS/c1-18(2)12-22-17(18)20-19-15-11-14(9-10-16(15)21-3)13-7-5-4-6-8-13/h4-11,19H,12H2,1-3H3/b20-17+. The van der Waals surface area contributed by atoms with E-state index in [4.69, 9.17) is 4.74 Å². The largest absolute Gasteiger partial charge is 0.495 e. The maximum atomic E-state index is 5.43. The number of anilines is 1. The lowest BCUT2D eigenvalue weighted by atomic mass is 9.97. The Hall–Kier alpha value is -1.94. The average Bonchev–Trinajstić information content (AvgIpc) is 2.54. The van der Waals surface area contributed by atoms with Crippen molar-refractivity contribution in [2.24, 2.45) is 10.5 Å². The Morgan fingerprint density at radius 2 is 1.86 bits per heavy atom. The van der Waals surface area contributed by atoms with Crippen molar-refractivity contribution in [3.05, 3.63) is 48.5 Å². The first-order valence-corrected chi connectivity index (χ1v) is 8.29.